The van der Waals surface area contributed by atoms with E-state index in [4.69, 9.17) is 9.47 Å². The van der Waals surface area contributed by atoms with Crippen LogP contribution in [0.25, 0.3) is 0 Å². The maximum absolute atomic E-state index is 12.8. The van der Waals surface area contributed by atoms with E-state index >= 15 is 0 Å². The maximum Gasteiger partial charge on any atom is 0.222 e. The molecule has 3 aliphatic heterocycles. The van der Waals surface area contributed by atoms with E-state index in [-0.39, 0.29) is 23.7 Å². The topological polar surface area (TPSA) is 67.5 Å². The van der Waals surface area contributed by atoms with Crippen LogP contribution in [-0.4, -0.2) is 45.8 Å². The summed E-state index contributed by atoms with van der Waals surface area (Å²) in [5, 5.41) is 6.80. The smallest absolute Gasteiger partial charge is 0.222 e. The third-order valence-electron chi connectivity index (χ3n) is 7.41. The first-order chi connectivity index (χ1) is 14.9. The number of carbonyl (C=O) groups is 1. The largest absolute Gasteiger partial charge is 0.487 e. The van der Waals surface area contributed by atoms with Gasteiger partial charge in [0.25, 0.3) is 0 Å². The highest BCUT2D eigenvalue weighted by molar-refractivity contribution is 5.76. The molecular formula is C25H33N3O3. The molecule has 0 aliphatic carbocycles. The lowest BCUT2D eigenvalue weighted by Crippen LogP contribution is -2.56. The zero-order valence-corrected chi connectivity index (χ0v) is 18.8. The van der Waals surface area contributed by atoms with Crippen LogP contribution < -0.4 is 4.74 Å². The number of aromatic amines is 1. The minimum atomic E-state index is -0.284. The number of aryl methyl sites for hydroxylation is 2. The minimum absolute atomic E-state index is 0.0813. The van der Waals surface area contributed by atoms with Crippen molar-refractivity contribution in [2.45, 2.75) is 70.7 Å². The quantitative estimate of drug-likeness (QED) is 0.800. The molecule has 0 radical (unpaired) electrons. The molecule has 1 aromatic heterocycles. The van der Waals surface area contributed by atoms with Crippen LogP contribution in [0.3, 0.4) is 0 Å². The van der Waals surface area contributed by atoms with Gasteiger partial charge in [-0.1, -0.05) is 12.1 Å². The summed E-state index contributed by atoms with van der Waals surface area (Å²) in [7, 11) is 0. The lowest BCUT2D eigenvalue weighted by molar-refractivity contribution is -0.188. The summed E-state index contributed by atoms with van der Waals surface area (Å²) in [6, 6.07) is 6.46. The summed E-state index contributed by atoms with van der Waals surface area (Å²) >= 11 is 0. The van der Waals surface area contributed by atoms with Crippen LogP contribution in [-0.2, 0) is 16.0 Å². The Hall–Kier alpha value is -2.34. The van der Waals surface area contributed by atoms with Gasteiger partial charge in [-0.2, -0.15) is 5.10 Å². The number of nitrogens with zero attached hydrogens (tertiary/aromatic N) is 2. The van der Waals surface area contributed by atoms with Gasteiger partial charge in [0.05, 0.1) is 18.4 Å². The summed E-state index contributed by atoms with van der Waals surface area (Å²) < 4.78 is 13.2. The lowest BCUT2D eigenvalue weighted by Gasteiger charge is -2.53. The number of hydrogen-bond donors (Lipinski definition) is 1. The average Bonchev–Trinajstić information content (AvgIpc) is 3.25. The predicted octanol–water partition coefficient (Wildman–Crippen LogP) is 4.21. The Morgan fingerprint density at radius 1 is 1.35 bits per heavy atom. The van der Waals surface area contributed by atoms with Crippen LogP contribution in [0.2, 0.25) is 0 Å². The number of benzene rings is 1. The summed E-state index contributed by atoms with van der Waals surface area (Å²) in [5.74, 6) is 1.90. The standard InChI is InChI=1S/C25H33N3O3/c1-16-7-8-19-22(11-16)31-25(2,3)20-12-18-15-28(10-9-21(18)30-24(19)20)23(29)6-4-5-17-13-26-27-14-17/h7-8,11,13-14,18,20-21,24H,4-6,9-10,12,15H2,1-3H3,(H,26,27)/t18-,20+,21+,24-/m0/s1. The number of hydrogen-bond acceptors (Lipinski definition) is 4. The van der Waals surface area contributed by atoms with Gasteiger partial charge >= 0.3 is 0 Å². The van der Waals surface area contributed by atoms with Crippen molar-refractivity contribution in [3.63, 3.8) is 0 Å². The number of piperidine rings is 1. The summed E-state index contributed by atoms with van der Waals surface area (Å²) in [5.41, 5.74) is 3.27. The molecule has 5 rings (SSSR count). The van der Waals surface area contributed by atoms with Gasteiger partial charge in [0.1, 0.15) is 11.4 Å². The normalized spacial score (nSPS) is 28.8. The predicted molar refractivity (Wildman–Crippen MR) is 118 cm³/mol. The Bertz CT molecular complexity index is 939. The molecule has 166 valence electrons. The number of H-pyrrole nitrogens is 1. The van der Waals surface area contributed by atoms with Gasteiger partial charge in [-0.05, 0) is 63.6 Å². The van der Waals surface area contributed by atoms with E-state index < -0.39 is 0 Å². The van der Waals surface area contributed by atoms with Crippen molar-refractivity contribution in [2.75, 3.05) is 13.1 Å². The molecule has 6 heteroatoms. The lowest BCUT2D eigenvalue weighted by atomic mass is 9.70. The van der Waals surface area contributed by atoms with E-state index in [0.29, 0.717) is 18.3 Å². The molecule has 2 aromatic rings. The highest BCUT2D eigenvalue weighted by Crippen LogP contribution is 2.53. The number of amides is 1. The van der Waals surface area contributed by atoms with E-state index in [1.54, 1.807) is 0 Å². The Kier molecular flexibility index (Phi) is 5.29. The Morgan fingerprint density at radius 3 is 3.03 bits per heavy atom. The van der Waals surface area contributed by atoms with E-state index in [9.17, 15) is 4.79 Å². The highest BCUT2D eigenvalue weighted by Gasteiger charge is 2.51. The zero-order valence-electron chi connectivity index (χ0n) is 18.8. The van der Waals surface area contributed by atoms with Crippen LogP contribution in [0.15, 0.2) is 30.6 Å². The SMILES string of the molecule is Cc1ccc2c(c1)OC(C)(C)[C@@H]1C[C@H]3CN(C(=O)CCCc4cn[nH]c4)CC[C@H]3O[C@@H]21. The minimum Gasteiger partial charge on any atom is -0.487 e. The molecule has 0 bridgehead atoms. The van der Waals surface area contributed by atoms with Crippen molar-refractivity contribution >= 4 is 5.91 Å². The van der Waals surface area contributed by atoms with E-state index in [1.807, 2.05) is 12.4 Å². The van der Waals surface area contributed by atoms with Crippen molar-refractivity contribution in [1.82, 2.24) is 15.1 Å². The van der Waals surface area contributed by atoms with E-state index in [0.717, 1.165) is 50.1 Å². The van der Waals surface area contributed by atoms with Crippen molar-refractivity contribution < 1.29 is 14.3 Å². The number of ether oxygens (including phenoxy) is 2. The molecule has 1 aromatic carbocycles. The fourth-order valence-corrected chi connectivity index (χ4v) is 5.65. The monoisotopic (exact) mass is 423 g/mol. The van der Waals surface area contributed by atoms with E-state index in [2.05, 4.69) is 54.1 Å². The van der Waals surface area contributed by atoms with Crippen LogP contribution in [0.5, 0.6) is 5.75 Å². The van der Waals surface area contributed by atoms with Gasteiger partial charge in [-0.25, -0.2) is 0 Å². The number of nitrogens with one attached hydrogen (secondary N) is 1. The third-order valence-corrected chi connectivity index (χ3v) is 7.41. The number of likely N-dealkylation sites (tertiary alicyclic amines) is 1. The van der Waals surface area contributed by atoms with Gasteiger partial charge in [-0.3, -0.25) is 9.89 Å². The molecule has 0 saturated carbocycles. The molecule has 4 atom stereocenters. The number of rotatable bonds is 4. The van der Waals surface area contributed by atoms with E-state index in [1.165, 1.54) is 11.1 Å². The fourth-order valence-electron chi connectivity index (χ4n) is 5.65. The number of aromatic nitrogens is 2. The summed E-state index contributed by atoms with van der Waals surface area (Å²) in [4.78, 5) is 14.9. The van der Waals surface area contributed by atoms with Crippen molar-refractivity contribution in [1.29, 1.82) is 0 Å². The van der Waals surface area contributed by atoms with Crippen LogP contribution in [0, 0.1) is 18.8 Å². The molecule has 1 N–H and O–H groups in total. The number of carbonyl (C=O) groups excluding carboxylic acids is 1. The molecule has 2 fully saturated rings. The van der Waals surface area contributed by atoms with Gasteiger partial charge in [-0.15, -0.1) is 0 Å². The number of fused-ring (bicyclic) bond motifs is 4. The molecule has 4 heterocycles. The first kappa shape index (κ1) is 20.6. The molecular weight excluding hydrogens is 390 g/mol. The second-order valence-corrected chi connectivity index (χ2v) is 10.0. The highest BCUT2D eigenvalue weighted by atomic mass is 16.5. The molecule has 6 nitrogen and oxygen atoms in total. The Labute approximate surface area is 184 Å². The zero-order chi connectivity index (χ0) is 21.6. The van der Waals surface area contributed by atoms with Crippen molar-refractivity contribution in [2.24, 2.45) is 11.8 Å². The molecule has 2 saturated heterocycles. The second-order valence-electron chi connectivity index (χ2n) is 10.0. The third kappa shape index (κ3) is 3.98. The molecule has 0 spiro atoms. The molecule has 1 amide bonds. The van der Waals surface area contributed by atoms with Gasteiger partial charge < -0.3 is 14.4 Å². The first-order valence-corrected chi connectivity index (χ1v) is 11.6. The van der Waals surface area contributed by atoms with Crippen LogP contribution in [0.1, 0.15) is 62.3 Å². The summed E-state index contributed by atoms with van der Waals surface area (Å²) in [6.07, 6.45) is 8.34. The Balaban J connectivity index is 1.24. The molecule has 3 aliphatic rings. The molecule has 0 unspecified atom stereocenters. The fraction of sp³-hybridized carbons (Fsp3) is 0.600. The second kappa shape index (κ2) is 7.97. The molecule has 31 heavy (non-hydrogen) atoms. The van der Waals surface area contributed by atoms with Crippen molar-refractivity contribution in [3.05, 3.63) is 47.3 Å². The van der Waals surface area contributed by atoms with Gasteiger partial charge in [0.15, 0.2) is 0 Å². The average molecular weight is 424 g/mol. The first-order valence-electron chi connectivity index (χ1n) is 11.6. The Morgan fingerprint density at radius 2 is 2.23 bits per heavy atom. The van der Waals surface area contributed by atoms with Gasteiger partial charge in [0, 0.05) is 43.1 Å². The van der Waals surface area contributed by atoms with Crippen LogP contribution in [0.4, 0.5) is 0 Å². The maximum atomic E-state index is 12.8. The summed E-state index contributed by atoms with van der Waals surface area (Å²) in [6.45, 7) is 8.06. The van der Waals surface area contributed by atoms with Gasteiger partial charge in [0.2, 0.25) is 5.91 Å². The van der Waals surface area contributed by atoms with Crippen molar-refractivity contribution in [3.8, 4) is 5.75 Å². The van der Waals surface area contributed by atoms with Crippen LogP contribution >= 0.6 is 0 Å².